The Bertz CT molecular complexity index is 899. The fourth-order valence-electron chi connectivity index (χ4n) is 2.88. The zero-order valence-corrected chi connectivity index (χ0v) is 14.4. The number of nitrogens with one attached hydrogen (secondary N) is 3. The molecule has 0 saturated heterocycles. The lowest BCUT2D eigenvalue weighted by Crippen LogP contribution is -2.39. The maximum atomic E-state index is 10.3. The minimum atomic E-state index is -0.586. The molecular formula is C18H21N7O. The van der Waals surface area contributed by atoms with Crippen LogP contribution in [0.2, 0.25) is 0 Å². The number of imidazole rings is 1. The molecule has 0 amide bonds. The van der Waals surface area contributed by atoms with Gasteiger partial charge in [0.25, 0.3) is 0 Å². The van der Waals surface area contributed by atoms with Gasteiger partial charge in [0.1, 0.15) is 11.6 Å². The summed E-state index contributed by atoms with van der Waals surface area (Å²) in [5.74, 6) is 2.46. The van der Waals surface area contributed by atoms with Crippen molar-refractivity contribution in [3.63, 3.8) is 0 Å². The van der Waals surface area contributed by atoms with Gasteiger partial charge >= 0.3 is 0 Å². The monoisotopic (exact) mass is 351 g/mol. The number of fused-ring (bicyclic) bond motifs is 1. The molecule has 0 aliphatic carbocycles. The molecule has 4 N–H and O–H groups in total. The molecule has 134 valence electrons. The molecule has 0 fully saturated rings. The summed E-state index contributed by atoms with van der Waals surface area (Å²) in [7, 11) is 0. The number of hydrogen-bond acceptors (Lipinski definition) is 6. The van der Waals surface area contributed by atoms with Crippen LogP contribution >= 0.6 is 0 Å². The second-order valence-electron chi connectivity index (χ2n) is 6.21. The number of rotatable bonds is 6. The van der Waals surface area contributed by atoms with Crippen molar-refractivity contribution in [2.24, 2.45) is 0 Å². The van der Waals surface area contributed by atoms with E-state index < -0.39 is 6.10 Å². The number of H-pyrrole nitrogens is 1. The molecule has 0 unspecified atom stereocenters. The first-order chi connectivity index (χ1) is 12.7. The average Bonchev–Trinajstić information content (AvgIpc) is 3.29. The van der Waals surface area contributed by atoms with Crippen LogP contribution in [-0.2, 0) is 6.54 Å². The number of nitrogens with zero attached hydrogens (tertiary/aromatic N) is 4. The van der Waals surface area contributed by atoms with Crippen molar-refractivity contribution >= 4 is 11.6 Å². The molecule has 0 radical (unpaired) electrons. The first kappa shape index (κ1) is 16.4. The van der Waals surface area contributed by atoms with Crippen LogP contribution in [0, 0.1) is 6.92 Å². The maximum absolute atomic E-state index is 10.3. The van der Waals surface area contributed by atoms with Crippen LogP contribution in [0.15, 0.2) is 55.0 Å². The largest absolute Gasteiger partial charge is 0.387 e. The molecule has 1 aromatic carbocycles. The lowest BCUT2D eigenvalue weighted by atomic mass is 10.1. The third-order valence-corrected chi connectivity index (χ3v) is 4.20. The van der Waals surface area contributed by atoms with Gasteiger partial charge in [-0.05, 0) is 12.5 Å². The second-order valence-corrected chi connectivity index (χ2v) is 6.21. The Hall–Kier alpha value is -3.10. The summed E-state index contributed by atoms with van der Waals surface area (Å²) in [5, 5.41) is 22.7. The van der Waals surface area contributed by atoms with Crippen LogP contribution in [0.3, 0.4) is 0 Å². The highest BCUT2D eigenvalue weighted by Gasteiger charge is 2.19. The van der Waals surface area contributed by atoms with Crippen molar-refractivity contribution in [1.29, 1.82) is 0 Å². The number of anilines is 1. The van der Waals surface area contributed by atoms with Crippen LogP contribution < -0.4 is 10.7 Å². The summed E-state index contributed by atoms with van der Waals surface area (Å²) in [6, 6.07) is 11.5. The van der Waals surface area contributed by atoms with Crippen LogP contribution in [-0.4, -0.2) is 36.4 Å². The molecule has 8 heteroatoms. The van der Waals surface area contributed by atoms with E-state index >= 15 is 0 Å². The topological polar surface area (TPSA) is 94.0 Å². The first-order valence-corrected chi connectivity index (χ1v) is 8.45. The molecular weight excluding hydrogens is 330 g/mol. The van der Waals surface area contributed by atoms with Crippen molar-refractivity contribution in [2.45, 2.75) is 19.6 Å². The van der Waals surface area contributed by atoms with Gasteiger partial charge in [-0.15, -0.1) is 0 Å². The van der Waals surface area contributed by atoms with Gasteiger partial charge in [-0.2, -0.15) is 5.10 Å². The zero-order valence-electron chi connectivity index (χ0n) is 14.4. The summed E-state index contributed by atoms with van der Waals surface area (Å²) in [6.45, 7) is 2.95. The molecule has 1 atom stereocenters. The number of aliphatic hydroxyl groups is 1. The predicted molar refractivity (Wildman–Crippen MR) is 98.4 cm³/mol. The average molecular weight is 351 g/mol. The summed E-state index contributed by atoms with van der Waals surface area (Å²) in [4.78, 5) is 4.40. The lowest BCUT2D eigenvalue weighted by Gasteiger charge is -2.29. The van der Waals surface area contributed by atoms with E-state index in [1.54, 1.807) is 6.20 Å². The molecule has 1 aliphatic rings. The molecule has 1 aliphatic heterocycles. The summed E-state index contributed by atoms with van der Waals surface area (Å²) < 4.78 is 1.98. The zero-order chi connectivity index (χ0) is 17.9. The van der Waals surface area contributed by atoms with Gasteiger partial charge in [-0.1, -0.05) is 30.3 Å². The predicted octanol–water partition coefficient (Wildman–Crippen LogP) is 1.84. The molecule has 0 spiro atoms. The number of aliphatic hydroxyl groups excluding tert-OH is 1. The van der Waals surface area contributed by atoms with E-state index in [0.29, 0.717) is 13.1 Å². The quantitative estimate of drug-likeness (QED) is 0.541. The van der Waals surface area contributed by atoms with Gasteiger partial charge in [0.05, 0.1) is 18.8 Å². The third kappa shape index (κ3) is 3.46. The number of aromatic amines is 1. The van der Waals surface area contributed by atoms with Crippen molar-refractivity contribution in [1.82, 2.24) is 30.2 Å². The van der Waals surface area contributed by atoms with Crippen molar-refractivity contribution < 1.29 is 5.11 Å². The smallest absolute Gasteiger partial charge is 0.153 e. The number of aryl methyl sites for hydroxylation is 1. The van der Waals surface area contributed by atoms with Gasteiger partial charge < -0.3 is 15.4 Å². The van der Waals surface area contributed by atoms with Crippen LogP contribution in [0.25, 0.3) is 5.82 Å². The minimum absolute atomic E-state index is 0.399. The third-order valence-electron chi connectivity index (χ3n) is 4.20. The van der Waals surface area contributed by atoms with Crippen LogP contribution in [0.1, 0.15) is 23.2 Å². The Morgan fingerprint density at radius 3 is 2.92 bits per heavy atom. The van der Waals surface area contributed by atoms with Crippen molar-refractivity contribution in [3.8, 4) is 0 Å². The Balaban J connectivity index is 1.47. The molecule has 3 aromatic rings. The molecule has 0 bridgehead atoms. The van der Waals surface area contributed by atoms with E-state index in [1.807, 2.05) is 65.3 Å². The fourth-order valence-corrected chi connectivity index (χ4v) is 2.88. The lowest BCUT2D eigenvalue weighted by molar-refractivity contribution is 0.133. The fraction of sp³-hybridized carbons (Fsp3) is 0.222. The normalized spacial score (nSPS) is 14.7. The Morgan fingerprint density at radius 2 is 2.15 bits per heavy atom. The Morgan fingerprint density at radius 1 is 1.31 bits per heavy atom. The number of benzene rings is 1. The highest BCUT2D eigenvalue weighted by atomic mass is 16.3. The van der Waals surface area contributed by atoms with E-state index in [1.165, 1.54) is 0 Å². The van der Waals surface area contributed by atoms with Gasteiger partial charge in [-0.25, -0.2) is 10.4 Å². The Kier molecular flexibility index (Phi) is 4.42. The highest BCUT2D eigenvalue weighted by molar-refractivity contribution is 5.63. The number of hydrazine groups is 1. The minimum Gasteiger partial charge on any atom is -0.387 e. The molecule has 26 heavy (non-hydrogen) atoms. The van der Waals surface area contributed by atoms with Gasteiger partial charge in [0, 0.05) is 30.7 Å². The van der Waals surface area contributed by atoms with E-state index in [2.05, 4.69) is 25.9 Å². The highest BCUT2D eigenvalue weighted by Crippen LogP contribution is 2.20. The molecule has 8 nitrogen and oxygen atoms in total. The van der Waals surface area contributed by atoms with Gasteiger partial charge in [-0.3, -0.25) is 9.67 Å². The van der Waals surface area contributed by atoms with Gasteiger partial charge in [0.15, 0.2) is 5.82 Å². The van der Waals surface area contributed by atoms with E-state index in [0.717, 1.165) is 28.7 Å². The Labute approximate surface area is 151 Å². The number of hydrogen-bond donors (Lipinski definition) is 4. The van der Waals surface area contributed by atoms with Crippen molar-refractivity contribution in [3.05, 3.63) is 72.1 Å². The van der Waals surface area contributed by atoms with E-state index in [-0.39, 0.29) is 0 Å². The van der Waals surface area contributed by atoms with Crippen molar-refractivity contribution in [2.75, 3.05) is 11.9 Å². The van der Waals surface area contributed by atoms with Crippen LogP contribution in [0.4, 0.5) is 5.82 Å². The molecule has 2 aromatic heterocycles. The van der Waals surface area contributed by atoms with E-state index in [9.17, 15) is 5.11 Å². The first-order valence-electron chi connectivity index (χ1n) is 8.45. The molecule has 3 heterocycles. The maximum Gasteiger partial charge on any atom is 0.153 e. The van der Waals surface area contributed by atoms with Gasteiger partial charge in [0.2, 0.25) is 0 Å². The molecule has 4 rings (SSSR count). The number of aromatic nitrogens is 4. The summed E-state index contributed by atoms with van der Waals surface area (Å²) in [5.41, 5.74) is 5.12. The van der Waals surface area contributed by atoms with E-state index in [4.69, 9.17) is 0 Å². The SMILES string of the molecule is Cc1cc(NC2=CN(NC[C@H](O)c3ccccc3)Cc3nccn32)n[nH]1. The standard InChI is InChI=1S/C18H21N7O/c1-13-9-16(23-22-13)21-18-12-24(11-17-19-7-8-25(17)18)20-10-15(26)14-5-3-2-4-6-14/h2-9,12,15,20,26H,10-11H2,1H3,(H2,21,22,23)/t15-/m0/s1. The van der Waals surface area contributed by atoms with Crippen LogP contribution in [0.5, 0.6) is 0 Å². The summed E-state index contributed by atoms with van der Waals surface area (Å²) in [6.07, 6.45) is 5.03. The molecule has 0 saturated carbocycles. The summed E-state index contributed by atoms with van der Waals surface area (Å²) >= 11 is 0. The second kappa shape index (κ2) is 7.03.